The molecule has 1 aromatic carbocycles. The molecule has 2 unspecified atom stereocenters. The lowest BCUT2D eigenvalue weighted by atomic mass is 9.86. The zero-order valence-electron chi connectivity index (χ0n) is 13.1. The van der Waals surface area contributed by atoms with Crippen molar-refractivity contribution in [2.75, 3.05) is 19.8 Å². The molecule has 0 aliphatic rings. The molecule has 2 atom stereocenters. The molecule has 114 valence electrons. The van der Waals surface area contributed by atoms with E-state index in [4.69, 9.17) is 10.5 Å². The van der Waals surface area contributed by atoms with Gasteiger partial charge in [0.2, 0.25) is 0 Å². The van der Waals surface area contributed by atoms with E-state index in [1.165, 1.54) is 11.1 Å². The second-order valence-electron chi connectivity index (χ2n) is 5.51. The van der Waals surface area contributed by atoms with E-state index in [1.807, 2.05) is 0 Å². The number of hydrogen-bond acceptors (Lipinski definition) is 3. The van der Waals surface area contributed by atoms with Gasteiger partial charge in [-0.1, -0.05) is 31.5 Å². The van der Waals surface area contributed by atoms with Crippen LogP contribution in [0, 0.1) is 12.8 Å². The molecule has 0 saturated carbocycles. The highest BCUT2D eigenvalue weighted by molar-refractivity contribution is 5.39. The number of aliphatic hydroxyl groups is 1. The number of ether oxygens (including phenoxy) is 1. The Morgan fingerprint density at radius 3 is 2.60 bits per heavy atom. The maximum atomic E-state index is 9.37. The Kier molecular flexibility index (Phi) is 7.63. The highest BCUT2D eigenvalue weighted by atomic mass is 16.5. The Balaban J connectivity index is 2.96. The Labute approximate surface area is 123 Å². The highest BCUT2D eigenvalue weighted by Gasteiger charge is 2.19. The molecular formula is C17H29NO2. The molecule has 0 amide bonds. The van der Waals surface area contributed by atoms with E-state index in [9.17, 15) is 5.11 Å². The molecule has 0 bridgehead atoms. The van der Waals surface area contributed by atoms with Crippen LogP contribution < -0.4 is 10.5 Å². The monoisotopic (exact) mass is 279 g/mol. The van der Waals surface area contributed by atoms with Gasteiger partial charge in [0.25, 0.3) is 0 Å². The Bertz CT molecular complexity index is 389. The molecule has 0 aliphatic heterocycles. The summed E-state index contributed by atoms with van der Waals surface area (Å²) in [4.78, 5) is 0. The average Bonchev–Trinajstić information content (AvgIpc) is 2.47. The molecule has 0 heterocycles. The first-order chi connectivity index (χ1) is 9.65. The van der Waals surface area contributed by atoms with Gasteiger partial charge in [-0.2, -0.15) is 0 Å². The van der Waals surface area contributed by atoms with Crippen molar-refractivity contribution in [1.82, 2.24) is 0 Å². The lowest BCUT2D eigenvalue weighted by Gasteiger charge is -2.23. The first kappa shape index (κ1) is 17.0. The number of hydrogen-bond donors (Lipinski definition) is 2. The number of aliphatic hydroxyl groups excluding tert-OH is 1. The number of nitrogens with two attached hydrogens (primary N) is 1. The predicted molar refractivity (Wildman–Crippen MR) is 84.2 cm³/mol. The Hall–Kier alpha value is -1.06. The minimum Gasteiger partial charge on any atom is -0.493 e. The fourth-order valence-corrected chi connectivity index (χ4v) is 2.49. The van der Waals surface area contributed by atoms with Gasteiger partial charge in [0.1, 0.15) is 5.75 Å². The quantitative estimate of drug-likeness (QED) is 0.729. The van der Waals surface area contributed by atoms with Gasteiger partial charge in [0, 0.05) is 6.61 Å². The molecular weight excluding hydrogens is 250 g/mol. The van der Waals surface area contributed by atoms with E-state index in [0.29, 0.717) is 12.5 Å². The van der Waals surface area contributed by atoms with Gasteiger partial charge in [-0.25, -0.2) is 0 Å². The maximum Gasteiger partial charge on any atom is 0.122 e. The van der Waals surface area contributed by atoms with Crippen molar-refractivity contribution in [3.63, 3.8) is 0 Å². The topological polar surface area (TPSA) is 55.5 Å². The maximum absolute atomic E-state index is 9.37. The summed E-state index contributed by atoms with van der Waals surface area (Å²) in [5.41, 5.74) is 8.22. The molecule has 0 aromatic heterocycles. The molecule has 0 aliphatic carbocycles. The van der Waals surface area contributed by atoms with Crippen molar-refractivity contribution in [1.29, 1.82) is 0 Å². The number of benzene rings is 1. The van der Waals surface area contributed by atoms with E-state index in [2.05, 4.69) is 39.0 Å². The van der Waals surface area contributed by atoms with Crippen molar-refractivity contribution < 1.29 is 9.84 Å². The van der Waals surface area contributed by atoms with Gasteiger partial charge in [-0.15, -0.1) is 0 Å². The van der Waals surface area contributed by atoms with Gasteiger partial charge in [0.15, 0.2) is 0 Å². The van der Waals surface area contributed by atoms with E-state index in [0.717, 1.165) is 31.6 Å². The summed E-state index contributed by atoms with van der Waals surface area (Å²) in [5.74, 6) is 1.54. The lowest BCUT2D eigenvalue weighted by Crippen LogP contribution is -2.21. The van der Waals surface area contributed by atoms with Crippen molar-refractivity contribution in [3.05, 3.63) is 29.3 Å². The van der Waals surface area contributed by atoms with Crippen LogP contribution in [0.3, 0.4) is 0 Å². The average molecular weight is 279 g/mol. The summed E-state index contributed by atoms with van der Waals surface area (Å²) >= 11 is 0. The molecule has 1 aromatic rings. The fourth-order valence-electron chi connectivity index (χ4n) is 2.49. The minimum absolute atomic E-state index is 0.157. The SMILES string of the molecule is CCCOc1ccc(C)cc1C(CC)CC(CN)CO. The molecule has 20 heavy (non-hydrogen) atoms. The largest absolute Gasteiger partial charge is 0.493 e. The molecule has 0 spiro atoms. The lowest BCUT2D eigenvalue weighted by molar-refractivity contribution is 0.213. The van der Waals surface area contributed by atoms with Crippen LogP contribution in [0.15, 0.2) is 18.2 Å². The van der Waals surface area contributed by atoms with Crippen molar-refractivity contribution in [3.8, 4) is 5.75 Å². The van der Waals surface area contributed by atoms with Crippen molar-refractivity contribution in [2.45, 2.75) is 46.0 Å². The predicted octanol–water partition coefficient (Wildman–Crippen LogP) is 3.23. The molecule has 1 rings (SSSR count). The van der Waals surface area contributed by atoms with E-state index >= 15 is 0 Å². The zero-order chi connectivity index (χ0) is 15.0. The van der Waals surface area contributed by atoms with Crippen LogP contribution >= 0.6 is 0 Å². The number of aryl methyl sites for hydroxylation is 1. The van der Waals surface area contributed by atoms with Crippen molar-refractivity contribution in [2.24, 2.45) is 11.7 Å². The Morgan fingerprint density at radius 1 is 1.30 bits per heavy atom. The van der Waals surface area contributed by atoms with Gasteiger partial charge in [-0.3, -0.25) is 0 Å². The highest BCUT2D eigenvalue weighted by Crippen LogP contribution is 2.34. The first-order valence-corrected chi connectivity index (χ1v) is 7.70. The molecule has 3 nitrogen and oxygen atoms in total. The second kappa shape index (κ2) is 8.98. The normalized spacial score (nSPS) is 14.1. The van der Waals surface area contributed by atoms with Crippen LogP contribution in [-0.4, -0.2) is 24.9 Å². The van der Waals surface area contributed by atoms with Crippen LogP contribution in [0.25, 0.3) is 0 Å². The summed E-state index contributed by atoms with van der Waals surface area (Å²) in [5, 5.41) is 9.37. The van der Waals surface area contributed by atoms with Crippen LogP contribution in [0.2, 0.25) is 0 Å². The molecule has 3 N–H and O–H groups in total. The Morgan fingerprint density at radius 2 is 2.05 bits per heavy atom. The van der Waals surface area contributed by atoms with Gasteiger partial charge < -0.3 is 15.6 Å². The summed E-state index contributed by atoms with van der Waals surface area (Å²) in [6.07, 6.45) is 2.95. The van der Waals surface area contributed by atoms with Gasteiger partial charge >= 0.3 is 0 Å². The second-order valence-corrected chi connectivity index (χ2v) is 5.51. The molecule has 0 saturated heterocycles. The summed E-state index contributed by atoms with van der Waals surface area (Å²) in [6.45, 7) is 7.83. The first-order valence-electron chi connectivity index (χ1n) is 7.70. The fraction of sp³-hybridized carbons (Fsp3) is 0.647. The van der Waals surface area contributed by atoms with Gasteiger partial charge in [-0.05, 0) is 56.2 Å². The molecule has 0 fully saturated rings. The van der Waals surface area contributed by atoms with Crippen molar-refractivity contribution >= 4 is 0 Å². The number of rotatable bonds is 9. The third kappa shape index (κ3) is 4.80. The third-order valence-electron chi connectivity index (χ3n) is 3.77. The van der Waals surface area contributed by atoms with Crippen LogP contribution in [-0.2, 0) is 0 Å². The van der Waals surface area contributed by atoms with Gasteiger partial charge in [0.05, 0.1) is 6.61 Å². The van der Waals surface area contributed by atoms with E-state index < -0.39 is 0 Å². The zero-order valence-corrected chi connectivity index (χ0v) is 13.1. The van der Waals surface area contributed by atoms with Crippen LogP contribution in [0.1, 0.15) is 50.2 Å². The van der Waals surface area contributed by atoms with Crippen LogP contribution in [0.5, 0.6) is 5.75 Å². The summed E-state index contributed by atoms with van der Waals surface area (Å²) in [7, 11) is 0. The molecule has 0 radical (unpaired) electrons. The third-order valence-corrected chi connectivity index (χ3v) is 3.77. The smallest absolute Gasteiger partial charge is 0.122 e. The molecule has 3 heteroatoms. The summed E-state index contributed by atoms with van der Waals surface area (Å²) in [6, 6.07) is 6.37. The van der Waals surface area contributed by atoms with Crippen LogP contribution in [0.4, 0.5) is 0 Å². The summed E-state index contributed by atoms with van der Waals surface area (Å²) < 4.78 is 5.88. The van der Waals surface area contributed by atoms with E-state index in [1.54, 1.807) is 0 Å². The standard InChI is InChI=1S/C17H29NO2/c1-4-8-20-17-7-6-13(3)9-16(17)15(5-2)10-14(11-18)12-19/h6-7,9,14-15,19H,4-5,8,10-12,18H2,1-3H3. The van der Waals surface area contributed by atoms with E-state index in [-0.39, 0.29) is 12.5 Å². The minimum atomic E-state index is 0.157.